The number of hydrogen-bond acceptors (Lipinski definition) is 3. The maximum Gasteiger partial charge on any atom is 0.0637 e. The van der Waals surface area contributed by atoms with Crippen molar-refractivity contribution < 1.29 is 0 Å². The van der Waals surface area contributed by atoms with E-state index in [1.807, 2.05) is 6.07 Å². The van der Waals surface area contributed by atoms with E-state index in [1.54, 1.807) is 12.4 Å². The molecule has 0 spiro atoms. The molecular formula is C9H12ClN3. The van der Waals surface area contributed by atoms with Crippen LogP contribution in [0.2, 0.25) is 5.02 Å². The first-order valence-corrected chi connectivity index (χ1v) is 4.79. The normalized spacial score (nSPS) is 23.0. The molecule has 0 aromatic carbocycles. The van der Waals surface area contributed by atoms with Gasteiger partial charge in [-0.1, -0.05) is 11.6 Å². The third-order valence-electron chi connectivity index (χ3n) is 2.22. The van der Waals surface area contributed by atoms with Crippen LogP contribution in [-0.2, 0) is 0 Å². The summed E-state index contributed by atoms with van der Waals surface area (Å²) in [6.07, 6.45) is 3.46. The lowest BCUT2D eigenvalue weighted by atomic mass is 10.1. The predicted octanol–water partition coefficient (Wildman–Crippen LogP) is 0.969. The van der Waals surface area contributed by atoms with E-state index in [9.17, 15) is 0 Å². The summed E-state index contributed by atoms with van der Waals surface area (Å²) in [6, 6.07) is 2.29. The van der Waals surface area contributed by atoms with Crippen molar-refractivity contribution in [3.8, 4) is 0 Å². The zero-order valence-electron chi connectivity index (χ0n) is 7.26. The molecule has 1 saturated heterocycles. The lowest BCUT2D eigenvalue weighted by Crippen LogP contribution is -2.42. The van der Waals surface area contributed by atoms with Crippen molar-refractivity contribution in [3.05, 3.63) is 29.0 Å². The second kappa shape index (κ2) is 4.05. The molecule has 2 heterocycles. The highest BCUT2D eigenvalue weighted by Gasteiger charge is 2.16. The maximum absolute atomic E-state index is 6.03. The van der Waals surface area contributed by atoms with Crippen LogP contribution in [0.3, 0.4) is 0 Å². The zero-order chi connectivity index (χ0) is 9.10. The molecule has 0 bridgehead atoms. The van der Waals surface area contributed by atoms with E-state index in [0.717, 1.165) is 30.2 Å². The summed E-state index contributed by atoms with van der Waals surface area (Å²) in [5, 5.41) is 7.46. The first kappa shape index (κ1) is 8.94. The Hall–Kier alpha value is -0.640. The van der Waals surface area contributed by atoms with Gasteiger partial charge in [0.15, 0.2) is 0 Å². The maximum atomic E-state index is 6.03. The van der Waals surface area contributed by atoms with Gasteiger partial charge in [-0.05, 0) is 11.6 Å². The number of hydrogen-bond donors (Lipinski definition) is 2. The van der Waals surface area contributed by atoms with Crippen LogP contribution in [0.1, 0.15) is 11.6 Å². The molecule has 0 unspecified atom stereocenters. The Balaban J connectivity index is 2.18. The molecule has 0 amide bonds. The molecule has 1 aromatic rings. The number of halogens is 1. The second-order valence-corrected chi connectivity index (χ2v) is 3.52. The molecular weight excluding hydrogens is 186 g/mol. The molecule has 1 fully saturated rings. The molecule has 2 N–H and O–H groups in total. The van der Waals surface area contributed by atoms with Gasteiger partial charge in [0.25, 0.3) is 0 Å². The molecule has 1 aliphatic rings. The number of piperazine rings is 1. The Kier molecular flexibility index (Phi) is 2.78. The highest BCUT2D eigenvalue weighted by Crippen LogP contribution is 2.21. The average Bonchev–Trinajstić information content (AvgIpc) is 2.20. The number of pyridine rings is 1. The molecule has 0 radical (unpaired) electrons. The van der Waals surface area contributed by atoms with Crippen molar-refractivity contribution in [3.63, 3.8) is 0 Å². The largest absolute Gasteiger partial charge is 0.314 e. The summed E-state index contributed by atoms with van der Waals surface area (Å²) >= 11 is 6.03. The standard InChI is InChI=1S/C9H12ClN3/c10-8-5-11-2-1-7(8)9-6-12-3-4-13-9/h1-2,5,9,12-13H,3-4,6H2/t9-/m0/s1. The zero-order valence-corrected chi connectivity index (χ0v) is 8.01. The number of aromatic nitrogens is 1. The molecule has 0 saturated carbocycles. The van der Waals surface area contributed by atoms with Gasteiger partial charge in [0.2, 0.25) is 0 Å². The van der Waals surface area contributed by atoms with Crippen LogP contribution in [0.25, 0.3) is 0 Å². The average molecular weight is 198 g/mol. The topological polar surface area (TPSA) is 37.0 Å². The molecule has 1 aliphatic heterocycles. The molecule has 1 aromatic heterocycles. The molecule has 4 heteroatoms. The minimum Gasteiger partial charge on any atom is -0.314 e. The first-order chi connectivity index (χ1) is 6.38. The fraction of sp³-hybridized carbons (Fsp3) is 0.444. The molecule has 0 aliphatic carbocycles. The third kappa shape index (κ3) is 1.99. The second-order valence-electron chi connectivity index (χ2n) is 3.11. The number of nitrogens with one attached hydrogen (secondary N) is 2. The highest BCUT2D eigenvalue weighted by molar-refractivity contribution is 6.31. The van der Waals surface area contributed by atoms with Crippen LogP contribution in [0.5, 0.6) is 0 Å². The lowest BCUT2D eigenvalue weighted by Gasteiger charge is -2.25. The van der Waals surface area contributed by atoms with Gasteiger partial charge in [-0.25, -0.2) is 0 Å². The van der Waals surface area contributed by atoms with Crippen molar-refractivity contribution in [2.75, 3.05) is 19.6 Å². The Labute approximate surface area is 82.5 Å². The van der Waals surface area contributed by atoms with E-state index in [2.05, 4.69) is 15.6 Å². The van der Waals surface area contributed by atoms with Crippen LogP contribution in [0.15, 0.2) is 18.5 Å². The Morgan fingerprint density at radius 1 is 1.46 bits per heavy atom. The van der Waals surface area contributed by atoms with Gasteiger partial charge in [0, 0.05) is 38.1 Å². The van der Waals surface area contributed by atoms with E-state index < -0.39 is 0 Å². The van der Waals surface area contributed by atoms with Crippen LogP contribution in [-0.4, -0.2) is 24.6 Å². The van der Waals surface area contributed by atoms with Crippen molar-refractivity contribution in [2.24, 2.45) is 0 Å². The van der Waals surface area contributed by atoms with Gasteiger partial charge >= 0.3 is 0 Å². The van der Waals surface area contributed by atoms with E-state index >= 15 is 0 Å². The summed E-state index contributed by atoms with van der Waals surface area (Å²) in [6.45, 7) is 2.95. The van der Waals surface area contributed by atoms with Gasteiger partial charge in [-0.3, -0.25) is 4.98 Å². The van der Waals surface area contributed by atoms with Crippen molar-refractivity contribution in [1.82, 2.24) is 15.6 Å². The number of rotatable bonds is 1. The van der Waals surface area contributed by atoms with Gasteiger partial charge in [-0.2, -0.15) is 0 Å². The smallest absolute Gasteiger partial charge is 0.0637 e. The first-order valence-electron chi connectivity index (χ1n) is 4.41. The van der Waals surface area contributed by atoms with Crippen LogP contribution in [0.4, 0.5) is 0 Å². The van der Waals surface area contributed by atoms with Crippen LogP contribution in [0, 0.1) is 0 Å². The fourth-order valence-corrected chi connectivity index (χ4v) is 1.79. The van der Waals surface area contributed by atoms with Crippen molar-refractivity contribution >= 4 is 11.6 Å². The third-order valence-corrected chi connectivity index (χ3v) is 2.54. The van der Waals surface area contributed by atoms with Gasteiger partial charge in [0.05, 0.1) is 5.02 Å². The molecule has 1 atom stereocenters. The van der Waals surface area contributed by atoms with Crippen molar-refractivity contribution in [1.29, 1.82) is 0 Å². The number of nitrogens with zero attached hydrogens (tertiary/aromatic N) is 1. The molecule has 13 heavy (non-hydrogen) atoms. The monoisotopic (exact) mass is 197 g/mol. The summed E-state index contributed by atoms with van der Waals surface area (Å²) < 4.78 is 0. The van der Waals surface area contributed by atoms with Gasteiger partial charge in [0.1, 0.15) is 0 Å². The minimum absolute atomic E-state index is 0.323. The molecule has 70 valence electrons. The summed E-state index contributed by atoms with van der Waals surface area (Å²) in [4.78, 5) is 3.96. The van der Waals surface area contributed by atoms with Crippen molar-refractivity contribution in [2.45, 2.75) is 6.04 Å². The van der Waals surface area contributed by atoms with E-state index in [4.69, 9.17) is 11.6 Å². The summed E-state index contributed by atoms with van der Waals surface area (Å²) in [7, 11) is 0. The van der Waals surface area contributed by atoms with Crippen LogP contribution >= 0.6 is 11.6 Å². The van der Waals surface area contributed by atoms with Gasteiger partial charge < -0.3 is 10.6 Å². The Bertz CT molecular complexity index is 284. The predicted molar refractivity (Wildman–Crippen MR) is 52.9 cm³/mol. The SMILES string of the molecule is Clc1cnccc1[C@@H]1CNCCN1. The van der Waals surface area contributed by atoms with E-state index in [0.29, 0.717) is 6.04 Å². The molecule has 2 rings (SSSR count). The molecule has 3 nitrogen and oxygen atoms in total. The van der Waals surface area contributed by atoms with Gasteiger partial charge in [-0.15, -0.1) is 0 Å². The fourth-order valence-electron chi connectivity index (χ4n) is 1.54. The Morgan fingerprint density at radius 3 is 3.08 bits per heavy atom. The van der Waals surface area contributed by atoms with Crippen LogP contribution < -0.4 is 10.6 Å². The highest BCUT2D eigenvalue weighted by atomic mass is 35.5. The minimum atomic E-state index is 0.323. The summed E-state index contributed by atoms with van der Waals surface area (Å²) in [5.74, 6) is 0. The van der Waals surface area contributed by atoms with E-state index in [-0.39, 0.29) is 0 Å². The lowest BCUT2D eigenvalue weighted by molar-refractivity contribution is 0.430. The van der Waals surface area contributed by atoms with E-state index in [1.165, 1.54) is 0 Å². The quantitative estimate of drug-likeness (QED) is 0.705. The summed E-state index contributed by atoms with van der Waals surface area (Å²) in [5.41, 5.74) is 1.13. The Morgan fingerprint density at radius 2 is 2.38 bits per heavy atom.